The molecule has 0 radical (unpaired) electrons. The number of nitrogens with one attached hydrogen (secondary N) is 1. The van der Waals surface area contributed by atoms with Gasteiger partial charge in [-0.15, -0.1) is 12.4 Å². The minimum Gasteiger partial charge on any atom is -0.445 e. The fraction of sp³-hybridized carbons (Fsp3) is 0.333. The third-order valence-electron chi connectivity index (χ3n) is 5.93. The molecular formula is C24H26ClN3O2. The van der Waals surface area contributed by atoms with Gasteiger partial charge in [-0.1, -0.05) is 60.7 Å². The van der Waals surface area contributed by atoms with Crippen LogP contribution >= 0.6 is 12.4 Å². The number of carbonyl (C=O) groups excluding carboxylic acids is 1. The summed E-state index contributed by atoms with van der Waals surface area (Å²) < 4.78 is 5.97. The predicted octanol–water partition coefficient (Wildman–Crippen LogP) is 4.07. The summed E-state index contributed by atoms with van der Waals surface area (Å²) in [7, 11) is 0. The Balaban J connectivity index is 0.00000218. The maximum Gasteiger partial charge on any atom is 0.240 e. The van der Waals surface area contributed by atoms with Crippen molar-refractivity contribution in [1.82, 2.24) is 15.2 Å². The lowest BCUT2D eigenvalue weighted by Gasteiger charge is -2.28. The van der Waals surface area contributed by atoms with Crippen LogP contribution in [-0.4, -0.2) is 28.4 Å². The Morgan fingerprint density at radius 1 is 1.07 bits per heavy atom. The highest BCUT2D eigenvalue weighted by Gasteiger charge is 2.34. The summed E-state index contributed by atoms with van der Waals surface area (Å²) in [6.45, 7) is 1.24. The molecule has 2 aromatic carbocycles. The molecule has 2 aliphatic rings. The summed E-state index contributed by atoms with van der Waals surface area (Å²) >= 11 is 0. The van der Waals surface area contributed by atoms with E-state index < -0.39 is 0 Å². The van der Waals surface area contributed by atoms with Crippen molar-refractivity contribution in [2.75, 3.05) is 6.54 Å². The zero-order valence-electron chi connectivity index (χ0n) is 16.8. The Bertz CT molecular complexity index is 990. The van der Waals surface area contributed by atoms with Gasteiger partial charge in [0.2, 0.25) is 5.91 Å². The van der Waals surface area contributed by atoms with Gasteiger partial charge in [-0.2, -0.15) is 0 Å². The van der Waals surface area contributed by atoms with Crippen LogP contribution in [0.2, 0.25) is 0 Å². The molecule has 0 unspecified atom stereocenters. The van der Waals surface area contributed by atoms with Crippen LogP contribution < -0.4 is 5.32 Å². The molecule has 3 aromatic rings. The molecule has 1 fully saturated rings. The second-order valence-electron chi connectivity index (χ2n) is 7.91. The maximum atomic E-state index is 13.1. The quantitative estimate of drug-likeness (QED) is 0.687. The van der Waals surface area contributed by atoms with Crippen molar-refractivity contribution >= 4 is 18.3 Å². The number of benzene rings is 2. The van der Waals surface area contributed by atoms with Crippen molar-refractivity contribution in [3.05, 3.63) is 89.1 Å². The van der Waals surface area contributed by atoms with E-state index in [2.05, 4.69) is 46.7 Å². The van der Waals surface area contributed by atoms with E-state index >= 15 is 0 Å². The summed E-state index contributed by atoms with van der Waals surface area (Å²) in [5.74, 6) is 1.85. The highest BCUT2D eigenvalue weighted by Crippen LogP contribution is 2.28. The third kappa shape index (κ3) is 4.27. The molecule has 30 heavy (non-hydrogen) atoms. The van der Waals surface area contributed by atoms with Crippen molar-refractivity contribution in [3.63, 3.8) is 0 Å². The average Bonchev–Trinajstić information content (AvgIpc) is 3.41. The molecule has 3 heterocycles. The minimum absolute atomic E-state index is 0. The SMILES string of the molecule is Cl.O=C([C@H]1CC[C@H](c2ccccc2)N1)N1CCc2oc(Cc3ccccc3)nc2C1. The number of oxazole rings is 1. The molecule has 6 heteroatoms. The van der Waals surface area contributed by atoms with E-state index in [0.717, 1.165) is 36.6 Å². The van der Waals surface area contributed by atoms with E-state index in [-0.39, 0.29) is 30.4 Å². The van der Waals surface area contributed by atoms with Crippen LogP contribution in [0.3, 0.4) is 0 Å². The lowest BCUT2D eigenvalue weighted by Crippen LogP contribution is -2.45. The second-order valence-corrected chi connectivity index (χ2v) is 7.91. The second kappa shape index (κ2) is 9.02. The van der Waals surface area contributed by atoms with Gasteiger partial charge in [0.1, 0.15) is 11.5 Å². The van der Waals surface area contributed by atoms with Crippen LogP contribution in [0.4, 0.5) is 0 Å². The number of carbonyl (C=O) groups is 1. The van der Waals surface area contributed by atoms with E-state index in [1.807, 2.05) is 29.2 Å². The number of aromatic nitrogens is 1. The number of hydrogen-bond donors (Lipinski definition) is 1. The van der Waals surface area contributed by atoms with Crippen LogP contribution in [0.15, 0.2) is 65.1 Å². The molecule has 0 spiro atoms. The summed E-state index contributed by atoms with van der Waals surface area (Å²) in [4.78, 5) is 19.7. The molecule has 156 valence electrons. The molecule has 0 bridgehead atoms. The number of fused-ring (bicyclic) bond motifs is 1. The Kier molecular flexibility index (Phi) is 6.21. The van der Waals surface area contributed by atoms with Gasteiger partial charge >= 0.3 is 0 Å². The zero-order valence-corrected chi connectivity index (χ0v) is 17.6. The maximum absolute atomic E-state index is 13.1. The Morgan fingerprint density at radius 3 is 2.57 bits per heavy atom. The van der Waals surface area contributed by atoms with Gasteiger partial charge in [0.15, 0.2) is 5.89 Å². The van der Waals surface area contributed by atoms with Crippen molar-refractivity contribution < 1.29 is 9.21 Å². The fourth-order valence-corrected chi connectivity index (χ4v) is 4.39. The molecule has 5 nitrogen and oxygen atoms in total. The van der Waals surface area contributed by atoms with Gasteiger partial charge in [-0.05, 0) is 24.0 Å². The number of amides is 1. The number of rotatable bonds is 4. The lowest BCUT2D eigenvalue weighted by atomic mass is 10.1. The normalized spacial score (nSPS) is 20.5. The lowest BCUT2D eigenvalue weighted by molar-refractivity contribution is -0.134. The van der Waals surface area contributed by atoms with Crippen molar-refractivity contribution in [2.45, 2.75) is 44.3 Å². The minimum atomic E-state index is -0.113. The highest BCUT2D eigenvalue weighted by molar-refractivity contribution is 5.85. The van der Waals surface area contributed by atoms with Crippen molar-refractivity contribution in [3.8, 4) is 0 Å². The topological polar surface area (TPSA) is 58.4 Å². The summed E-state index contributed by atoms with van der Waals surface area (Å²) in [6, 6.07) is 20.7. The largest absolute Gasteiger partial charge is 0.445 e. The van der Waals surface area contributed by atoms with E-state index in [1.165, 1.54) is 11.1 Å². The summed E-state index contributed by atoms with van der Waals surface area (Å²) in [5, 5.41) is 3.53. The monoisotopic (exact) mass is 423 g/mol. The molecule has 2 atom stereocenters. The Labute approximate surface area is 182 Å². The number of hydrogen-bond acceptors (Lipinski definition) is 4. The third-order valence-corrected chi connectivity index (χ3v) is 5.93. The van der Waals surface area contributed by atoms with Crippen LogP contribution in [0.1, 0.15) is 47.4 Å². The fourth-order valence-electron chi connectivity index (χ4n) is 4.39. The van der Waals surface area contributed by atoms with E-state index in [9.17, 15) is 4.79 Å². The first-order valence-corrected chi connectivity index (χ1v) is 10.4. The van der Waals surface area contributed by atoms with Gasteiger partial charge in [-0.3, -0.25) is 10.1 Å². The molecule has 1 aromatic heterocycles. The molecule has 0 aliphatic carbocycles. The molecule has 1 saturated heterocycles. The van der Waals surface area contributed by atoms with Gasteiger partial charge in [0.05, 0.1) is 12.6 Å². The van der Waals surface area contributed by atoms with E-state index in [4.69, 9.17) is 4.42 Å². The average molecular weight is 424 g/mol. The van der Waals surface area contributed by atoms with E-state index in [1.54, 1.807) is 0 Å². The first-order chi connectivity index (χ1) is 14.3. The van der Waals surface area contributed by atoms with Crippen molar-refractivity contribution in [1.29, 1.82) is 0 Å². The summed E-state index contributed by atoms with van der Waals surface area (Å²) in [6.07, 6.45) is 3.28. The molecule has 1 N–H and O–H groups in total. The predicted molar refractivity (Wildman–Crippen MR) is 117 cm³/mol. The van der Waals surface area contributed by atoms with Gasteiger partial charge in [0, 0.05) is 25.4 Å². The van der Waals surface area contributed by atoms with Gasteiger partial charge in [-0.25, -0.2) is 4.98 Å². The van der Waals surface area contributed by atoms with Crippen LogP contribution in [0, 0.1) is 0 Å². The standard InChI is InChI=1S/C24H25N3O2.ClH/c28-24(20-12-11-19(25-20)18-9-5-2-6-10-18)27-14-13-22-21(16-27)26-23(29-22)15-17-7-3-1-4-8-17;/h1-10,19-20,25H,11-16H2;1H/t19-,20-;/m1./s1. The Morgan fingerprint density at radius 2 is 1.80 bits per heavy atom. The molecular weight excluding hydrogens is 398 g/mol. The molecule has 5 rings (SSSR count). The molecule has 1 amide bonds. The Hall–Kier alpha value is -2.63. The molecule has 0 saturated carbocycles. The van der Waals surface area contributed by atoms with Crippen LogP contribution in [-0.2, 0) is 24.2 Å². The smallest absolute Gasteiger partial charge is 0.240 e. The molecule has 2 aliphatic heterocycles. The van der Waals surface area contributed by atoms with Gasteiger partial charge < -0.3 is 9.32 Å². The summed E-state index contributed by atoms with van der Waals surface area (Å²) in [5.41, 5.74) is 3.35. The van der Waals surface area contributed by atoms with Gasteiger partial charge in [0.25, 0.3) is 0 Å². The first-order valence-electron chi connectivity index (χ1n) is 10.4. The highest BCUT2D eigenvalue weighted by atomic mass is 35.5. The number of halogens is 1. The van der Waals surface area contributed by atoms with Crippen molar-refractivity contribution in [2.24, 2.45) is 0 Å². The van der Waals surface area contributed by atoms with Crippen LogP contribution in [0.5, 0.6) is 0 Å². The van der Waals surface area contributed by atoms with Crippen LogP contribution in [0.25, 0.3) is 0 Å². The van der Waals surface area contributed by atoms with E-state index in [0.29, 0.717) is 19.5 Å². The number of nitrogens with zero attached hydrogens (tertiary/aromatic N) is 2. The first kappa shape index (κ1) is 20.6. The zero-order chi connectivity index (χ0) is 19.6.